The number of nitrogens with zero attached hydrogens (tertiary/aromatic N) is 2. The predicted molar refractivity (Wildman–Crippen MR) is 110 cm³/mol. The minimum absolute atomic E-state index is 0.0886. The number of benzene rings is 2. The van der Waals surface area contributed by atoms with Crippen LogP contribution in [-0.4, -0.2) is 9.97 Å². The van der Waals surface area contributed by atoms with Gasteiger partial charge in [-0.2, -0.15) is 0 Å². The molecule has 0 saturated heterocycles. The summed E-state index contributed by atoms with van der Waals surface area (Å²) in [6, 6.07) is 19.2. The van der Waals surface area contributed by atoms with E-state index >= 15 is 0 Å². The van der Waals surface area contributed by atoms with Crippen molar-refractivity contribution < 1.29 is 0 Å². The Labute approximate surface area is 157 Å². The third kappa shape index (κ3) is 4.01. The van der Waals surface area contributed by atoms with Crippen LogP contribution in [0.15, 0.2) is 60.9 Å². The van der Waals surface area contributed by atoms with Gasteiger partial charge < -0.3 is 0 Å². The molecular weight excluding hydrogens is 316 g/mol. The van der Waals surface area contributed by atoms with Crippen LogP contribution < -0.4 is 0 Å². The molecule has 2 nitrogen and oxygen atoms in total. The van der Waals surface area contributed by atoms with Crippen molar-refractivity contribution in [2.24, 2.45) is 0 Å². The smallest absolute Gasteiger partial charge is 0.116 e. The topological polar surface area (TPSA) is 25.8 Å². The zero-order valence-corrected chi connectivity index (χ0v) is 16.7. The molecule has 0 aliphatic heterocycles. The van der Waals surface area contributed by atoms with Crippen molar-refractivity contribution in [1.29, 1.82) is 0 Å². The van der Waals surface area contributed by atoms with Crippen LogP contribution >= 0.6 is 0 Å². The first-order valence-electron chi connectivity index (χ1n) is 9.18. The lowest BCUT2D eigenvalue weighted by molar-refractivity contribution is 0.569. The molecule has 1 heterocycles. The largest absolute Gasteiger partial charge is 0.236 e. The molecule has 0 fully saturated rings. The van der Waals surface area contributed by atoms with Gasteiger partial charge in [-0.3, -0.25) is 0 Å². The molecule has 0 N–H and O–H groups in total. The van der Waals surface area contributed by atoms with Gasteiger partial charge in [0.25, 0.3) is 0 Å². The van der Waals surface area contributed by atoms with Crippen LogP contribution in [0.25, 0.3) is 22.5 Å². The summed E-state index contributed by atoms with van der Waals surface area (Å²) in [4.78, 5) is 9.04. The second kappa shape index (κ2) is 6.68. The molecule has 0 spiro atoms. The molecule has 1 aromatic heterocycles. The molecule has 0 unspecified atom stereocenters. The lowest BCUT2D eigenvalue weighted by Gasteiger charge is -2.26. The van der Waals surface area contributed by atoms with Crippen molar-refractivity contribution >= 4 is 0 Å². The predicted octanol–water partition coefficient (Wildman–Crippen LogP) is 6.41. The quantitative estimate of drug-likeness (QED) is 0.537. The third-order valence-corrected chi connectivity index (χ3v) is 4.70. The lowest BCUT2D eigenvalue weighted by atomic mass is 9.79. The average Bonchev–Trinajstić information content (AvgIpc) is 2.61. The van der Waals surface area contributed by atoms with Crippen molar-refractivity contribution in [3.8, 4) is 22.5 Å². The second-order valence-electron chi connectivity index (χ2n) is 8.95. The van der Waals surface area contributed by atoms with Crippen LogP contribution in [0.4, 0.5) is 0 Å². The molecule has 3 aromatic rings. The molecule has 0 bridgehead atoms. The zero-order valence-electron chi connectivity index (χ0n) is 16.7. The third-order valence-electron chi connectivity index (χ3n) is 4.70. The van der Waals surface area contributed by atoms with E-state index in [0.717, 1.165) is 22.5 Å². The van der Waals surface area contributed by atoms with Crippen LogP contribution in [-0.2, 0) is 10.8 Å². The highest BCUT2D eigenvalue weighted by Gasteiger charge is 2.21. The van der Waals surface area contributed by atoms with Gasteiger partial charge in [-0.05, 0) is 40.2 Å². The van der Waals surface area contributed by atoms with E-state index in [9.17, 15) is 0 Å². The molecule has 134 valence electrons. The fourth-order valence-corrected chi connectivity index (χ4v) is 2.92. The van der Waals surface area contributed by atoms with E-state index in [1.165, 1.54) is 11.1 Å². The van der Waals surface area contributed by atoms with Crippen LogP contribution in [0.3, 0.4) is 0 Å². The van der Waals surface area contributed by atoms with Crippen LogP contribution in [0.5, 0.6) is 0 Å². The Bertz CT molecular complexity index is 865. The Kier molecular flexibility index (Phi) is 4.70. The highest BCUT2D eigenvalue weighted by Crippen LogP contribution is 2.34. The summed E-state index contributed by atoms with van der Waals surface area (Å²) < 4.78 is 0. The summed E-state index contributed by atoms with van der Waals surface area (Å²) in [6.45, 7) is 13.5. The summed E-state index contributed by atoms with van der Waals surface area (Å²) >= 11 is 0. The van der Waals surface area contributed by atoms with Gasteiger partial charge in [0.1, 0.15) is 6.33 Å². The normalized spacial score (nSPS) is 12.2. The van der Waals surface area contributed by atoms with Gasteiger partial charge in [0.15, 0.2) is 0 Å². The van der Waals surface area contributed by atoms with Gasteiger partial charge in [-0.15, -0.1) is 0 Å². The lowest BCUT2D eigenvalue weighted by Crippen LogP contribution is -2.16. The van der Waals surface area contributed by atoms with E-state index in [1.54, 1.807) is 6.33 Å². The van der Waals surface area contributed by atoms with Crippen molar-refractivity contribution in [2.45, 2.75) is 52.4 Å². The molecular formula is C24H28N2. The van der Waals surface area contributed by atoms with Crippen molar-refractivity contribution in [3.63, 3.8) is 0 Å². The summed E-state index contributed by atoms with van der Waals surface area (Å²) in [6.07, 6.45) is 1.66. The molecule has 0 atom stereocenters. The van der Waals surface area contributed by atoms with Crippen molar-refractivity contribution in [1.82, 2.24) is 9.97 Å². The van der Waals surface area contributed by atoms with Gasteiger partial charge in [-0.25, -0.2) is 9.97 Å². The van der Waals surface area contributed by atoms with E-state index < -0.39 is 0 Å². The maximum Gasteiger partial charge on any atom is 0.116 e. The maximum atomic E-state index is 4.57. The molecule has 2 heteroatoms. The number of hydrogen-bond donors (Lipinski definition) is 0. The number of aromatic nitrogens is 2. The highest BCUT2D eigenvalue weighted by atomic mass is 14.8. The monoisotopic (exact) mass is 344 g/mol. The van der Waals surface area contributed by atoms with Gasteiger partial charge in [0, 0.05) is 11.1 Å². The summed E-state index contributed by atoms with van der Waals surface area (Å²) in [5.41, 5.74) is 7.03. The van der Waals surface area contributed by atoms with Gasteiger partial charge in [0.2, 0.25) is 0 Å². The molecule has 0 amide bonds. The number of hydrogen-bond acceptors (Lipinski definition) is 2. The zero-order chi connectivity index (χ0) is 18.9. The molecule has 3 rings (SSSR count). The van der Waals surface area contributed by atoms with Crippen LogP contribution in [0.2, 0.25) is 0 Å². The summed E-state index contributed by atoms with van der Waals surface area (Å²) in [5.74, 6) is 0. The number of rotatable bonds is 2. The van der Waals surface area contributed by atoms with Gasteiger partial charge >= 0.3 is 0 Å². The van der Waals surface area contributed by atoms with Gasteiger partial charge in [-0.1, -0.05) is 77.9 Å². The molecule has 0 saturated carbocycles. The maximum absolute atomic E-state index is 4.57. The Hall–Kier alpha value is -2.48. The molecule has 2 aromatic carbocycles. The first kappa shape index (κ1) is 18.3. The van der Waals surface area contributed by atoms with Crippen molar-refractivity contribution in [3.05, 3.63) is 72.1 Å². The minimum Gasteiger partial charge on any atom is -0.236 e. The minimum atomic E-state index is 0.0886. The highest BCUT2D eigenvalue weighted by molar-refractivity contribution is 5.68. The van der Waals surface area contributed by atoms with Gasteiger partial charge in [0.05, 0.1) is 11.4 Å². The Morgan fingerprint density at radius 3 is 1.58 bits per heavy atom. The molecule has 0 aliphatic rings. The van der Waals surface area contributed by atoms with E-state index in [4.69, 9.17) is 0 Å². The van der Waals surface area contributed by atoms with E-state index in [0.29, 0.717) is 0 Å². The van der Waals surface area contributed by atoms with Crippen molar-refractivity contribution in [2.75, 3.05) is 0 Å². The first-order chi connectivity index (χ1) is 12.1. The Morgan fingerprint density at radius 1 is 0.577 bits per heavy atom. The SMILES string of the molecule is CC(C)(C)c1cc(-c2cc(-c3ccccc3)ncn2)cc(C(C)(C)C)c1. The standard InChI is InChI=1S/C24H28N2/c1-23(2,3)19-12-18(13-20(14-19)24(4,5)6)22-15-21(25-16-26-22)17-10-8-7-9-11-17/h7-16H,1-6H3. The molecule has 0 radical (unpaired) electrons. The van der Waals surface area contributed by atoms with Crippen LogP contribution in [0.1, 0.15) is 52.7 Å². The van der Waals surface area contributed by atoms with E-state index in [1.807, 2.05) is 18.2 Å². The second-order valence-corrected chi connectivity index (χ2v) is 8.95. The first-order valence-corrected chi connectivity index (χ1v) is 9.18. The average molecular weight is 345 g/mol. The summed E-state index contributed by atoms with van der Waals surface area (Å²) in [5, 5.41) is 0. The van der Waals surface area contributed by atoms with Crippen LogP contribution in [0, 0.1) is 0 Å². The molecule has 26 heavy (non-hydrogen) atoms. The Morgan fingerprint density at radius 2 is 1.08 bits per heavy atom. The Balaban J connectivity index is 2.15. The molecule has 0 aliphatic carbocycles. The fraction of sp³-hybridized carbons (Fsp3) is 0.333. The summed E-state index contributed by atoms with van der Waals surface area (Å²) in [7, 11) is 0. The van der Waals surface area contributed by atoms with E-state index in [2.05, 4.69) is 87.9 Å². The van der Waals surface area contributed by atoms with E-state index in [-0.39, 0.29) is 10.8 Å². The fourth-order valence-electron chi connectivity index (χ4n) is 2.92.